The Balaban J connectivity index is 1.96. The molecule has 0 spiro atoms. The summed E-state index contributed by atoms with van der Waals surface area (Å²) in [5.74, 6) is -1.22. The first-order chi connectivity index (χ1) is 15.7. The molecule has 33 heavy (non-hydrogen) atoms. The zero-order chi connectivity index (χ0) is 23.9. The molecule has 0 radical (unpaired) electrons. The average molecular weight is 455 g/mol. The largest absolute Gasteiger partial charge is 0.497 e. The molecule has 2 aromatic heterocycles. The molecule has 5 N–H and O–H groups in total. The van der Waals surface area contributed by atoms with Gasteiger partial charge in [-0.15, -0.1) is 10.2 Å². The molecule has 0 bridgehead atoms. The maximum absolute atomic E-state index is 13.1. The number of carbonyl (C=O) groups is 1. The first kappa shape index (κ1) is 22.1. The van der Waals surface area contributed by atoms with E-state index in [0.29, 0.717) is 22.2 Å². The molecule has 0 fully saturated rings. The fourth-order valence-corrected chi connectivity index (χ4v) is 3.42. The number of nitrogens with zero attached hydrogens (tertiary/aromatic N) is 4. The predicted molar refractivity (Wildman–Crippen MR) is 115 cm³/mol. The molecule has 0 aliphatic rings. The van der Waals surface area contributed by atoms with E-state index in [1.54, 1.807) is 12.1 Å². The maximum Gasteiger partial charge on any atom is 0.492 e. The van der Waals surface area contributed by atoms with Crippen molar-refractivity contribution >= 4 is 35.1 Å². The van der Waals surface area contributed by atoms with Gasteiger partial charge in [-0.2, -0.15) is 5.10 Å². The van der Waals surface area contributed by atoms with Crippen LogP contribution in [-0.4, -0.2) is 55.3 Å². The van der Waals surface area contributed by atoms with Crippen LogP contribution in [0.2, 0.25) is 0 Å². The summed E-state index contributed by atoms with van der Waals surface area (Å²) in [7, 11) is -0.553. The first-order valence-electron chi connectivity index (χ1n) is 9.42. The summed E-state index contributed by atoms with van der Waals surface area (Å²) in [6, 6.07) is 7.55. The van der Waals surface area contributed by atoms with Crippen molar-refractivity contribution in [1.29, 1.82) is 0 Å². The van der Waals surface area contributed by atoms with E-state index in [2.05, 4.69) is 15.3 Å². The molecular weight excluding hydrogens is 439 g/mol. The molecule has 0 aliphatic heterocycles. The normalized spacial score (nSPS) is 11.2. The van der Waals surface area contributed by atoms with E-state index < -0.39 is 19.5 Å². The monoisotopic (exact) mass is 455 g/mol. The van der Waals surface area contributed by atoms with E-state index in [9.17, 15) is 28.7 Å². The van der Waals surface area contributed by atoms with Crippen molar-refractivity contribution in [3.05, 3.63) is 54.0 Å². The summed E-state index contributed by atoms with van der Waals surface area (Å²) in [6.45, 7) is 0. The van der Waals surface area contributed by atoms with Crippen LogP contribution in [0.3, 0.4) is 0 Å². The van der Waals surface area contributed by atoms with Crippen molar-refractivity contribution in [2.24, 2.45) is 0 Å². The van der Waals surface area contributed by atoms with Crippen LogP contribution in [0.1, 0.15) is 22.5 Å². The summed E-state index contributed by atoms with van der Waals surface area (Å²) in [6.07, 6.45) is -0.559. The van der Waals surface area contributed by atoms with E-state index >= 15 is 0 Å². The predicted octanol–water partition coefficient (Wildman–Crippen LogP) is 1.39. The highest BCUT2D eigenvalue weighted by Gasteiger charge is 2.23. The number of aromatic nitrogens is 4. The third-order valence-electron chi connectivity index (χ3n) is 5.04. The highest BCUT2D eigenvalue weighted by Crippen LogP contribution is 2.33. The van der Waals surface area contributed by atoms with Crippen molar-refractivity contribution < 1.29 is 33.5 Å². The van der Waals surface area contributed by atoms with E-state index in [1.807, 2.05) is 0 Å². The summed E-state index contributed by atoms with van der Waals surface area (Å²) >= 11 is 0. The number of carboxylic acid groups (broad SMARTS) is 1. The molecule has 168 valence electrons. The second-order valence-electron chi connectivity index (χ2n) is 7.00. The number of carboxylic acids is 1. The number of rotatable bonds is 6. The molecule has 0 amide bonds. The molecule has 0 unspecified atom stereocenters. The Morgan fingerprint density at radius 2 is 1.97 bits per heavy atom. The Bertz CT molecular complexity index is 1380. The van der Waals surface area contributed by atoms with Crippen LogP contribution in [0.15, 0.2) is 42.7 Å². The van der Waals surface area contributed by atoms with Gasteiger partial charge < -0.3 is 25.6 Å². The van der Waals surface area contributed by atoms with Crippen molar-refractivity contribution in [2.45, 2.75) is 6.43 Å². The lowest BCUT2D eigenvalue weighted by Gasteiger charge is -2.16. The van der Waals surface area contributed by atoms with Crippen molar-refractivity contribution in [3.8, 4) is 22.6 Å². The number of anilines is 1. The number of aromatic carboxylic acids is 1. The van der Waals surface area contributed by atoms with Gasteiger partial charge in [-0.05, 0) is 23.8 Å². The summed E-state index contributed by atoms with van der Waals surface area (Å²) in [4.78, 5) is 11.3. The van der Waals surface area contributed by atoms with Gasteiger partial charge in [0.2, 0.25) is 0 Å². The number of fused-ring (bicyclic) bond motifs is 1. The smallest absolute Gasteiger partial charge is 0.492 e. The second kappa shape index (κ2) is 8.45. The standard InChI is InChI=1S/C20H16BF2N5O5/c1-33-16-6-15(28-8-10(7-25-28)19(22)23)12(5-13(16)21(31)32)9-2-3-11-14(4-9)26-27-18(17(11)24)20(29)30/h2-8,19,31-32H,1H3,(H2,24,26)(H,29,30). The molecule has 4 rings (SSSR count). The first-order valence-corrected chi connectivity index (χ1v) is 9.42. The van der Waals surface area contributed by atoms with Crippen LogP contribution >= 0.6 is 0 Å². The summed E-state index contributed by atoms with van der Waals surface area (Å²) < 4.78 is 32.7. The molecule has 0 atom stereocenters. The number of hydrogen-bond donors (Lipinski definition) is 4. The van der Waals surface area contributed by atoms with Crippen molar-refractivity contribution in [2.75, 3.05) is 12.8 Å². The van der Waals surface area contributed by atoms with E-state index in [1.165, 1.54) is 30.0 Å². The summed E-state index contributed by atoms with van der Waals surface area (Å²) in [5.41, 5.74) is 6.64. The zero-order valence-electron chi connectivity index (χ0n) is 17.0. The van der Waals surface area contributed by atoms with Gasteiger partial charge in [0.25, 0.3) is 6.43 Å². The Morgan fingerprint density at radius 1 is 1.21 bits per heavy atom. The molecule has 4 aromatic rings. The minimum Gasteiger partial charge on any atom is -0.497 e. The molecule has 2 aromatic carbocycles. The lowest BCUT2D eigenvalue weighted by Crippen LogP contribution is -2.31. The highest BCUT2D eigenvalue weighted by molar-refractivity contribution is 6.60. The highest BCUT2D eigenvalue weighted by atomic mass is 19.3. The number of ether oxygens (including phenoxy) is 1. The SMILES string of the molecule is COc1cc(-n2cc(C(F)F)cn2)c(-c2ccc3c(N)c(C(=O)O)nnc3c2)cc1B(O)O. The van der Waals surface area contributed by atoms with Gasteiger partial charge in [0.1, 0.15) is 5.75 Å². The number of methoxy groups -OCH3 is 1. The Kier molecular flexibility index (Phi) is 5.66. The summed E-state index contributed by atoms with van der Waals surface area (Å²) in [5, 5.41) is 40.7. The molecule has 10 nitrogen and oxygen atoms in total. The third kappa shape index (κ3) is 3.94. The quantitative estimate of drug-likeness (QED) is 0.316. The molecular formula is C20H16BF2N5O5. The Hall–Kier alpha value is -4.10. The van der Waals surface area contributed by atoms with Gasteiger partial charge in [-0.25, -0.2) is 18.3 Å². The minimum absolute atomic E-state index is 0.0319. The van der Waals surface area contributed by atoms with Crippen LogP contribution < -0.4 is 15.9 Å². The van der Waals surface area contributed by atoms with E-state index in [-0.39, 0.29) is 33.7 Å². The van der Waals surface area contributed by atoms with Crippen LogP contribution in [0.25, 0.3) is 27.7 Å². The fraction of sp³-hybridized carbons (Fsp3) is 0.100. The second-order valence-corrected chi connectivity index (χ2v) is 7.00. The van der Waals surface area contributed by atoms with Crippen LogP contribution in [-0.2, 0) is 0 Å². The minimum atomic E-state index is -2.73. The number of halogens is 2. The van der Waals surface area contributed by atoms with Crippen LogP contribution in [0.4, 0.5) is 14.5 Å². The molecule has 0 saturated carbocycles. The van der Waals surface area contributed by atoms with Gasteiger partial charge >= 0.3 is 13.1 Å². The average Bonchev–Trinajstić information content (AvgIpc) is 3.28. The number of nitrogen functional groups attached to an aromatic ring is 1. The zero-order valence-corrected chi connectivity index (χ0v) is 17.0. The lowest BCUT2D eigenvalue weighted by atomic mass is 9.77. The number of nitrogens with two attached hydrogens (primary N) is 1. The number of hydrogen-bond acceptors (Lipinski definition) is 8. The van der Waals surface area contributed by atoms with Gasteiger partial charge in [0.05, 0.1) is 35.8 Å². The topological polar surface area (TPSA) is 157 Å². The fourth-order valence-electron chi connectivity index (χ4n) is 3.42. The Morgan fingerprint density at radius 3 is 2.58 bits per heavy atom. The third-order valence-corrected chi connectivity index (χ3v) is 5.04. The Labute approximate surface area is 185 Å². The van der Waals surface area contributed by atoms with Gasteiger partial charge in [0.15, 0.2) is 5.69 Å². The van der Waals surface area contributed by atoms with Crippen LogP contribution in [0.5, 0.6) is 5.75 Å². The van der Waals surface area contributed by atoms with Gasteiger partial charge in [-0.1, -0.05) is 6.07 Å². The number of alkyl halides is 2. The van der Waals surface area contributed by atoms with Crippen molar-refractivity contribution in [1.82, 2.24) is 20.0 Å². The van der Waals surface area contributed by atoms with Crippen LogP contribution in [0, 0.1) is 0 Å². The van der Waals surface area contributed by atoms with Crippen molar-refractivity contribution in [3.63, 3.8) is 0 Å². The van der Waals surface area contributed by atoms with E-state index in [0.717, 1.165) is 12.4 Å². The van der Waals surface area contributed by atoms with Gasteiger partial charge in [-0.3, -0.25) is 0 Å². The van der Waals surface area contributed by atoms with E-state index in [4.69, 9.17) is 10.5 Å². The number of benzene rings is 2. The lowest BCUT2D eigenvalue weighted by molar-refractivity contribution is 0.0690. The van der Waals surface area contributed by atoms with Gasteiger partial charge in [0, 0.05) is 28.7 Å². The molecule has 0 aliphatic carbocycles. The molecule has 13 heteroatoms. The maximum atomic E-state index is 13.1. The molecule has 0 saturated heterocycles. The molecule has 2 heterocycles.